The Labute approximate surface area is 156 Å². The van der Waals surface area contributed by atoms with Crippen molar-refractivity contribution in [3.63, 3.8) is 0 Å². The lowest BCUT2D eigenvalue weighted by Crippen LogP contribution is -2.44. The molecule has 1 aromatic carbocycles. The Morgan fingerprint density at radius 1 is 1.30 bits per heavy atom. The highest BCUT2D eigenvalue weighted by molar-refractivity contribution is 5.95. The molecule has 0 spiro atoms. The van der Waals surface area contributed by atoms with Crippen LogP contribution >= 0.6 is 0 Å². The van der Waals surface area contributed by atoms with Crippen molar-refractivity contribution < 1.29 is 28.2 Å². The number of nitrogens with zero attached hydrogens (tertiary/aromatic N) is 1. The van der Waals surface area contributed by atoms with Crippen molar-refractivity contribution in [1.29, 1.82) is 0 Å². The molecule has 1 atom stereocenters. The van der Waals surface area contributed by atoms with Gasteiger partial charge in [0.05, 0.1) is 0 Å². The summed E-state index contributed by atoms with van der Waals surface area (Å²) < 4.78 is 24.5. The summed E-state index contributed by atoms with van der Waals surface area (Å²) in [6.45, 7) is 1.19. The van der Waals surface area contributed by atoms with Gasteiger partial charge < -0.3 is 19.2 Å². The lowest BCUT2D eigenvalue weighted by molar-refractivity contribution is 0.0552. The molecular formula is C20H22FNO5. The Hall–Kier alpha value is -2.67. The third kappa shape index (κ3) is 4.36. The van der Waals surface area contributed by atoms with Gasteiger partial charge >= 0.3 is 5.97 Å². The SMILES string of the molecule is COCCC1CCCCN1C(=O)c1cc(F)cc(-c2ccc(C(=O)O)o2)c1. The standard InChI is InChI=1S/C20H22FNO5/c1-26-9-7-16-4-2-3-8-22(16)19(23)14-10-13(11-15(21)12-14)17-5-6-18(27-17)20(24)25/h5-6,10-12,16H,2-4,7-9H2,1H3,(H,24,25). The van der Waals surface area contributed by atoms with Gasteiger partial charge in [0.2, 0.25) is 5.76 Å². The molecule has 1 N–H and O–H groups in total. The zero-order valence-electron chi connectivity index (χ0n) is 15.1. The zero-order chi connectivity index (χ0) is 19.4. The van der Waals surface area contributed by atoms with Crippen molar-refractivity contribution >= 4 is 11.9 Å². The average molecular weight is 375 g/mol. The third-order valence-corrected chi connectivity index (χ3v) is 4.79. The number of benzene rings is 1. The Morgan fingerprint density at radius 2 is 2.11 bits per heavy atom. The molecule has 3 rings (SSSR count). The van der Waals surface area contributed by atoms with Crippen LogP contribution in [0.4, 0.5) is 4.39 Å². The van der Waals surface area contributed by atoms with E-state index in [0.717, 1.165) is 25.7 Å². The van der Waals surface area contributed by atoms with E-state index in [9.17, 15) is 14.0 Å². The van der Waals surface area contributed by atoms with Crippen molar-refractivity contribution in [2.75, 3.05) is 20.3 Å². The molecule has 6 nitrogen and oxygen atoms in total. The molecule has 0 aliphatic carbocycles. The molecule has 0 radical (unpaired) electrons. The fraction of sp³-hybridized carbons (Fsp3) is 0.400. The molecule has 0 saturated carbocycles. The van der Waals surface area contributed by atoms with Crippen molar-refractivity contribution in [2.45, 2.75) is 31.7 Å². The number of ether oxygens (including phenoxy) is 1. The summed E-state index contributed by atoms with van der Waals surface area (Å²) in [6, 6.07) is 6.79. The summed E-state index contributed by atoms with van der Waals surface area (Å²) in [7, 11) is 1.63. The number of aromatic carboxylic acids is 1. The van der Waals surface area contributed by atoms with E-state index in [-0.39, 0.29) is 29.0 Å². The Morgan fingerprint density at radius 3 is 2.81 bits per heavy atom. The largest absolute Gasteiger partial charge is 0.475 e. The van der Waals surface area contributed by atoms with E-state index in [4.69, 9.17) is 14.3 Å². The number of carboxylic acids is 1. The highest BCUT2D eigenvalue weighted by Gasteiger charge is 2.28. The maximum atomic E-state index is 14.2. The van der Waals surface area contributed by atoms with Crippen molar-refractivity contribution in [1.82, 2.24) is 4.90 Å². The van der Waals surface area contributed by atoms with Gasteiger partial charge in [-0.1, -0.05) is 0 Å². The average Bonchev–Trinajstić information content (AvgIpc) is 3.16. The summed E-state index contributed by atoms with van der Waals surface area (Å²) in [6.07, 6.45) is 3.61. The lowest BCUT2D eigenvalue weighted by atomic mass is 9.98. The summed E-state index contributed by atoms with van der Waals surface area (Å²) in [5, 5.41) is 8.97. The number of hydrogen-bond donors (Lipinski definition) is 1. The summed E-state index contributed by atoms with van der Waals surface area (Å²) in [4.78, 5) is 25.8. The van der Waals surface area contributed by atoms with Gasteiger partial charge in [-0.3, -0.25) is 4.79 Å². The normalized spacial score (nSPS) is 17.1. The number of methoxy groups -OCH3 is 1. The monoisotopic (exact) mass is 375 g/mol. The first-order valence-electron chi connectivity index (χ1n) is 8.93. The van der Waals surface area contributed by atoms with Gasteiger partial charge in [0.15, 0.2) is 0 Å². The molecule has 2 aromatic rings. The minimum Gasteiger partial charge on any atom is -0.475 e. The van der Waals surface area contributed by atoms with Crippen LogP contribution in [0.1, 0.15) is 46.6 Å². The smallest absolute Gasteiger partial charge is 0.371 e. The van der Waals surface area contributed by atoms with Crippen LogP contribution in [0.15, 0.2) is 34.7 Å². The molecule has 27 heavy (non-hydrogen) atoms. The van der Waals surface area contributed by atoms with Crippen LogP contribution in [0.5, 0.6) is 0 Å². The summed E-state index contributed by atoms with van der Waals surface area (Å²) in [5.74, 6) is -2.05. The number of piperidine rings is 1. The molecule has 1 aromatic heterocycles. The number of carbonyl (C=O) groups is 2. The molecule has 1 fully saturated rings. The molecule has 2 heterocycles. The van der Waals surface area contributed by atoms with Crippen LogP contribution < -0.4 is 0 Å². The van der Waals surface area contributed by atoms with Crippen LogP contribution in [0.25, 0.3) is 11.3 Å². The van der Waals surface area contributed by atoms with Crippen LogP contribution in [-0.4, -0.2) is 48.2 Å². The topological polar surface area (TPSA) is 80.0 Å². The van der Waals surface area contributed by atoms with E-state index in [2.05, 4.69) is 0 Å². The predicted octanol–water partition coefficient (Wildman–Crippen LogP) is 3.82. The van der Waals surface area contributed by atoms with Crippen LogP contribution in [0.2, 0.25) is 0 Å². The molecular weight excluding hydrogens is 353 g/mol. The second-order valence-corrected chi connectivity index (χ2v) is 6.63. The first kappa shape index (κ1) is 19.1. The van der Waals surface area contributed by atoms with Crippen LogP contribution in [0, 0.1) is 5.82 Å². The highest BCUT2D eigenvalue weighted by Crippen LogP contribution is 2.27. The maximum Gasteiger partial charge on any atom is 0.371 e. The van der Waals surface area contributed by atoms with Gasteiger partial charge in [-0.25, -0.2) is 9.18 Å². The number of hydrogen-bond acceptors (Lipinski definition) is 4. The van der Waals surface area contributed by atoms with E-state index >= 15 is 0 Å². The fourth-order valence-electron chi connectivity index (χ4n) is 3.45. The molecule has 1 amide bonds. The van der Waals surface area contributed by atoms with Gasteiger partial charge in [0.1, 0.15) is 11.6 Å². The van der Waals surface area contributed by atoms with E-state index in [1.165, 1.54) is 30.3 Å². The van der Waals surface area contributed by atoms with Gasteiger partial charge in [0.25, 0.3) is 5.91 Å². The molecule has 1 aliphatic rings. The second kappa shape index (κ2) is 8.35. The summed E-state index contributed by atoms with van der Waals surface area (Å²) in [5.41, 5.74) is 0.555. The third-order valence-electron chi connectivity index (χ3n) is 4.79. The second-order valence-electron chi connectivity index (χ2n) is 6.63. The molecule has 0 bridgehead atoms. The predicted molar refractivity (Wildman–Crippen MR) is 96.2 cm³/mol. The first-order chi connectivity index (χ1) is 13.0. The van der Waals surface area contributed by atoms with Gasteiger partial charge in [-0.05, 0) is 56.0 Å². The Kier molecular flexibility index (Phi) is 5.91. The number of halogens is 1. The number of carboxylic acid groups (broad SMARTS) is 1. The molecule has 7 heteroatoms. The number of likely N-dealkylation sites (tertiary alicyclic amines) is 1. The summed E-state index contributed by atoms with van der Waals surface area (Å²) >= 11 is 0. The van der Waals surface area contributed by atoms with Crippen molar-refractivity contribution in [2.24, 2.45) is 0 Å². The van der Waals surface area contributed by atoms with Crippen LogP contribution in [0.3, 0.4) is 0 Å². The van der Waals surface area contributed by atoms with E-state index in [1.54, 1.807) is 12.0 Å². The minimum absolute atomic E-state index is 0.0696. The minimum atomic E-state index is -1.21. The maximum absolute atomic E-state index is 14.2. The number of amides is 1. The fourth-order valence-corrected chi connectivity index (χ4v) is 3.45. The number of rotatable bonds is 6. The lowest BCUT2D eigenvalue weighted by Gasteiger charge is -2.36. The first-order valence-corrected chi connectivity index (χ1v) is 8.93. The quantitative estimate of drug-likeness (QED) is 0.830. The van der Waals surface area contributed by atoms with E-state index in [0.29, 0.717) is 18.7 Å². The Bertz CT molecular complexity index is 832. The van der Waals surface area contributed by atoms with Gasteiger partial charge in [-0.15, -0.1) is 0 Å². The molecule has 144 valence electrons. The Balaban J connectivity index is 1.87. The van der Waals surface area contributed by atoms with Crippen molar-refractivity contribution in [3.8, 4) is 11.3 Å². The number of furan rings is 1. The number of carbonyl (C=O) groups excluding carboxylic acids is 1. The van der Waals surface area contributed by atoms with Crippen molar-refractivity contribution in [3.05, 3.63) is 47.5 Å². The van der Waals surface area contributed by atoms with Gasteiger partial charge in [-0.2, -0.15) is 0 Å². The van der Waals surface area contributed by atoms with E-state index in [1.807, 2.05) is 0 Å². The van der Waals surface area contributed by atoms with Gasteiger partial charge in [0, 0.05) is 37.4 Å². The van der Waals surface area contributed by atoms with E-state index < -0.39 is 11.8 Å². The van der Waals surface area contributed by atoms with Crippen LogP contribution in [-0.2, 0) is 4.74 Å². The molecule has 1 unspecified atom stereocenters. The molecule has 1 saturated heterocycles. The molecule has 1 aliphatic heterocycles. The highest BCUT2D eigenvalue weighted by atomic mass is 19.1. The zero-order valence-corrected chi connectivity index (χ0v) is 15.1.